The van der Waals surface area contributed by atoms with Crippen LogP contribution in [0.1, 0.15) is 13.8 Å². The van der Waals surface area contributed by atoms with Gasteiger partial charge in [0.2, 0.25) is 5.96 Å². The molecule has 0 aliphatic rings. The standard InChI is InChI=1S/C12H17N3O3/c1-8(2)18-12(16)15-11(13)14-9-4-6-10(17-3)7-5-9/h4-8H,1-3H3,(H3,13,14,15,16). The number of ether oxygens (including phenoxy) is 2. The SMILES string of the molecule is COc1ccc(N=C(N)NC(=O)OC(C)C)cc1. The van der Waals surface area contributed by atoms with Crippen LogP contribution in [0.4, 0.5) is 10.5 Å². The fourth-order valence-corrected chi connectivity index (χ4v) is 1.17. The van der Waals surface area contributed by atoms with Crippen LogP contribution >= 0.6 is 0 Å². The smallest absolute Gasteiger partial charge is 0.414 e. The van der Waals surface area contributed by atoms with Gasteiger partial charge in [0.05, 0.1) is 18.9 Å². The molecule has 3 N–H and O–H groups in total. The molecule has 0 fully saturated rings. The minimum absolute atomic E-state index is 0.0224. The zero-order chi connectivity index (χ0) is 13.5. The minimum atomic E-state index is -0.625. The van der Waals surface area contributed by atoms with E-state index in [9.17, 15) is 4.79 Å². The summed E-state index contributed by atoms with van der Waals surface area (Å²) < 4.78 is 9.88. The normalized spacial score (nSPS) is 11.2. The summed E-state index contributed by atoms with van der Waals surface area (Å²) in [6.45, 7) is 3.49. The Labute approximate surface area is 106 Å². The van der Waals surface area contributed by atoms with Gasteiger partial charge in [-0.05, 0) is 38.1 Å². The van der Waals surface area contributed by atoms with Crippen molar-refractivity contribution in [3.63, 3.8) is 0 Å². The van der Waals surface area contributed by atoms with Gasteiger partial charge in [0, 0.05) is 0 Å². The average molecular weight is 251 g/mol. The quantitative estimate of drug-likeness (QED) is 0.633. The van der Waals surface area contributed by atoms with Gasteiger partial charge in [0.1, 0.15) is 5.75 Å². The van der Waals surface area contributed by atoms with E-state index in [1.165, 1.54) is 0 Å². The molecule has 18 heavy (non-hydrogen) atoms. The number of nitrogens with one attached hydrogen (secondary N) is 1. The summed E-state index contributed by atoms with van der Waals surface area (Å²) in [6.07, 6.45) is -0.835. The van der Waals surface area contributed by atoms with E-state index >= 15 is 0 Å². The van der Waals surface area contributed by atoms with Crippen molar-refractivity contribution in [2.24, 2.45) is 10.7 Å². The molecule has 1 aromatic carbocycles. The number of methoxy groups -OCH3 is 1. The zero-order valence-electron chi connectivity index (χ0n) is 10.6. The van der Waals surface area contributed by atoms with Gasteiger partial charge in [-0.15, -0.1) is 0 Å². The maximum Gasteiger partial charge on any atom is 0.414 e. The highest BCUT2D eigenvalue weighted by molar-refractivity contribution is 5.94. The Morgan fingerprint density at radius 3 is 2.44 bits per heavy atom. The van der Waals surface area contributed by atoms with Crippen LogP contribution in [0.15, 0.2) is 29.3 Å². The van der Waals surface area contributed by atoms with Crippen LogP contribution < -0.4 is 15.8 Å². The number of alkyl carbamates (subject to hydrolysis) is 1. The molecule has 0 saturated heterocycles. The van der Waals surface area contributed by atoms with Crippen molar-refractivity contribution in [3.05, 3.63) is 24.3 Å². The molecule has 0 unspecified atom stereocenters. The zero-order valence-corrected chi connectivity index (χ0v) is 10.6. The summed E-state index contributed by atoms with van der Waals surface area (Å²) in [7, 11) is 1.58. The van der Waals surface area contributed by atoms with Crippen molar-refractivity contribution in [1.29, 1.82) is 0 Å². The highest BCUT2D eigenvalue weighted by atomic mass is 16.6. The van der Waals surface area contributed by atoms with Crippen LogP contribution in [0.5, 0.6) is 5.75 Å². The molecule has 0 bridgehead atoms. The molecule has 0 radical (unpaired) electrons. The Kier molecular flexibility index (Phi) is 4.98. The van der Waals surface area contributed by atoms with Gasteiger partial charge < -0.3 is 15.2 Å². The van der Waals surface area contributed by atoms with Crippen molar-refractivity contribution >= 4 is 17.7 Å². The third-order valence-electron chi connectivity index (χ3n) is 1.89. The molecule has 0 atom stereocenters. The topological polar surface area (TPSA) is 85.9 Å². The summed E-state index contributed by atoms with van der Waals surface area (Å²) in [5, 5.41) is 2.32. The van der Waals surface area contributed by atoms with E-state index in [0.29, 0.717) is 5.69 Å². The summed E-state index contributed by atoms with van der Waals surface area (Å²) in [5.41, 5.74) is 6.17. The number of hydrogen-bond acceptors (Lipinski definition) is 4. The average Bonchev–Trinajstić information content (AvgIpc) is 2.28. The fourth-order valence-electron chi connectivity index (χ4n) is 1.17. The lowest BCUT2D eigenvalue weighted by Gasteiger charge is -2.08. The first-order chi connectivity index (χ1) is 8.51. The molecular weight excluding hydrogens is 234 g/mol. The molecule has 6 heteroatoms. The first-order valence-corrected chi connectivity index (χ1v) is 5.47. The van der Waals surface area contributed by atoms with Gasteiger partial charge in [-0.25, -0.2) is 9.79 Å². The molecule has 0 saturated carbocycles. The minimum Gasteiger partial charge on any atom is -0.497 e. The molecule has 98 valence electrons. The van der Waals surface area contributed by atoms with Gasteiger partial charge in [0.25, 0.3) is 0 Å². The molecular formula is C12H17N3O3. The molecule has 1 rings (SSSR count). The maximum atomic E-state index is 11.2. The number of benzene rings is 1. The summed E-state index contributed by atoms with van der Waals surface area (Å²) >= 11 is 0. The van der Waals surface area contributed by atoms with E-state index in [2.05, 4.69) is 10.3 Å². The van der Waals surface area contributed by atoms with Crippen LogP contribution in [0, 0.1) is 0 Å². The van der Waals surface area contributed by atoms with Crippen molar-refractivity contribution < 1.29 is 14.3 Å². The molecule has 6 nitrogen and oxygen atoms in total. The fraction of sp³-hybridized carbons (Fsp3) is 0.333. The van der Waals surface area contributed by atoms with Gasteiger partial charge in [-0.2, -0.15) is 0 Å². The van der Waals surface area contributed by atoms with E-state index in [1.807, 2.05) is 0 Å². The van der Waals surface area contributed by atoms with Gasteiger partial charge in [-0.3, -0.25) is 5.32 Å². The number of rotatable bonds is 3. The highest BCUT2D eigenvalue weighted by Gasteiger charge is 2.06. The Morgan fingerprint density at radius 2 is 1.94 bits per heavy atom. The second-order valence-corrected chi connectivity index (χ2v) is 3.77. The number of amides is 1. The van der Waals surface area contributed by atoms with Crippen LogP contribution in [-0.4, -0.2) is 25.3 Å². The lowest BCUT2D eigenvalue weighted by molar-refractivity contribution is 0.120. The van der Waals surface area contributed by atoms with Crippen molar-refractivity contribution in [2.75, 3.05) is 7.11 Å². The Bertz CT molecular complexity index is 427. The highest BCUT2D eigenvalue weighted by Crippen LogP contribution is 2.17. The van der Waals surface area contributed by atoms with Crippen LogP contribution in [-0.2, 0) is 4.74 Å². The molecule has 0 aromatic heterocycles. The number of aliphatic imine (C=N–C) groups is 1. The Hall–Kier alpha value is -2.24. The van der Waals surface area contributed by atoms with E-state index < -0.39 is 6.09 Å². The van der Waals surface area contributed by atoms with Crippen LogP contribution in [0.2, 0.25) is 0 Å². The lowest BCUT2D eigenvalue weighted by atomic mass is 10.3. The van der Waals surface area contributed by atoms with Gasteiger partial charge in [0.15, 0.2) is 0 Å². The van der Waals surface area contributed by atoms with E-state index in [1.54, 1.807) is 45.2 Å². The predicted molar refractivity (Wildman–Crippen MR) is 69.0 cm³/mol. The second-order valence-electron chi connectivity index (χ2n) is 3.77. The van der Waals surface area contributed by atoms with Crippen molar-refractivity contribution in [2.45, 2.75) is 20.0 Å². The third kappa shape index (κ3) is 4.73. The maximum absolute atomic E-state index is 11.2. The third-order valence-corrected chi connectivity index (χ3v) is 1.89. The summed E-state index contributed by atoms with van der Waals surface area (Å²) in [6, 6.07) is 6.94. The first-order valence-electron chi connectivity index (χ1n) is 5.47. The van der Waals surface area contributed by atoms with E-state index in [4.69, 9.17) is 15.2 Å². The van der Waals surface area contributed by atoms with E-state index in [0.717, 1.165) is 5.75 Å². The molecule has 1 amide bonds. The largest absolute Gasteiger partial charge is 0.497 e. The number of nitrogens with zero attached hydrogens (tertiary/aromatic N) is 1. The second kappa shape index (κ2) is 6.48. The monoisotopic (exact) mass is 251 g/mol. The van der Waals surface area contributed by atoms with Crippen molar-refractivity contribution in [3.8, 4) is 5.75 Å². The number of carbonyl (C=O) groups is 1. The molecule has 0 aliphatic carbocycles. The van der Waals surface area contributed by atoms with Gasteiger partial charge >= 0.3 is 6.09 Å². The van der Waals surface area contributed by atoms with E-state index in [-0.39, 0.29) is 12.1 Å². The molecule has 0 aliphatic heterocycles. The van der Waals surface area contributed by atoms with Crippen molar-refractivity contribution in [1.82, 2.24) is 5.32 Å². The number of nitrogens with two attached hydrogens (primary N) is 1. The Morgan fingerprint density at radius 1 is 1.33 bits per heavy atom. The number of hydrogen-bond donors (Lipinski definition) is 2. The van der Waals surface area contributed by atoms with Crippen LogP contribution in [0.25, 0.3) is 0 Å². The summed E-state index contributed by atoms with van der Waals surface area (Å²) in [4.78, 5) is 15.2. The molecule has 0 spiro atoms. The molecule has 1 aromatic rings. The van der Waals surface area contributed by atoms with Gasteiger partial charge in [-0.1, -0.05) is 0 Å². The Balaban J connectivity index is 2.61. The van der Waals surface area contributed by atoms with Crippen LogP contribution in [0.3, 0.4) is 0 Å². The summed E-state index contributed by atoms with van der Waals surface area (Å²) in [5.74, 6) is 0.700. The number of carbonyl (C=O) groups excluding carboxylic acids is 1. The number of guanidine groups is 1. The first kappa shape index (κ1) is 13.8. The molecule has 0 heterocycles. The predicted octanol–water partition coefficient (Wildman–Crippen LogP) is 1.78. The lowest BCUT2D eigenvalue weighted by Crippen LogP contribution is -2.37.